The highest BCUT2D eigenvalue weighted by Crippen LogP contribution is 2.27. The third kappa shape index (κ3) is 1.59. The number of phenols is 1. The third-order valence-corrected chi connectivity index (χ3v) is 2.11. The molecule has 66 valence electrons. The van der Waals surface area contributed by atoms with Gasteiger partial charge in [0, 0.05) is 11.6 Å². The van der Waals surface area contributed by atoms with Gasteiger partial charge in [-0.05, 0) is 25.0 Å². The minimum absolute atomic E-state index is 0.0498. The van der Waals surface area contributed by atoms with Crippen molar-refractivity contribution in [2.45, 2.75) is 26.3 Å². The first-order chi connectivity index (χ1) is 5.66. The van der Waals surface area contributed by atoms with Gasteiger partial charge >= 0.3 is 0 Å². The van der Waals surface area contributed by atoms with Gasteiger partial charge in [0.05, 0.1) is 0 Å². The number of benzene rings is 1. The molecule has 0 radical (unpaired) electrons. The monoisotopic (exact) mass is 165 g/mol. The standard InChI is InChI=1S/C10H15NO/c1-3-8(11)10-7(2)5-4-6-9(10)12/h4-6,8,12H,3,11H2,1-2H3. The normalized spacial score (nSPS) is 12.9. The quantitative estimate of drug-likeness (QED) is 0.705. The molecule has 0 aliphatic rings. The lowest BCUT2D eigenvalue weighted by Gasteiger charge is -2.13. The number of rotatable bonds is 2. The van der Waals surface area contributed by atoms with Crippen molar-refractivity contribution in [2.24, 2.45) is 5.73 Å². The highest BCUT2D eigenvalue weighted by molar-refractivity contribution is 5.40. The lowest BCUT2D eigenvalue weighted by molar-refractivity contribution is 0.459. The van der Waals surface area contributed by atoms with E-state index in [0.29, 0.717) is 5.75 Å². The Morgan fingerprint density at radius 3 is 2.67 bits per heavy atom. The van der Waals surface area contributed by atoms with Gasteiger partial charge in [-0.15, -0.1) is 0 Å². The van der Waals surface area contributed by atoms with E-state index in [-0.39, 0.29) is 6.04 Å². The lowest BCUT2D eigenvalue weighted by Crippen LogP contribution is -2.10. The van der Waals surface area contributed by atoms with Crippen LogP contribution in [0.4, 0.5) is 0 Å². The van der Waals surface area contributed by atoms with E-state index in [4.69, 9.17) is 5.73 Å². The fourth-order valence-electron chi connectivity index (χ4n) is 1.35. The molecule has 0 spiro atoms. The number of aryl methyl sites for hydroxylation is 1. The van der Waals surface area contributed by atoms with E-state index in [1.165, 1.54) is 0 Å². The van der Waals surface area contributed by atoms with Crippen LogP contribution in [0, 0.1) is 6.92 Å². The molecule has 0 saturated heterocycles. The average molecular weight is 165 g/mol. The van der Waals surface area contributed by atoms with Crippen LogP contribution in [0.2, 0.25) is 0 Å². The Morgan fingerprint density at radius 2 is 2.17 bits per heavy atom. The van der Waals surface area contributed by atoms with Crippen LogP contribution in [0.25, 0.3) is 0 Å². The summed E-state index contributed by atoms with van der Waals surface area (Å²) in [6, 6.07) is 5.42. The number of hydrogen-bond donors (Lipinski definition) is 2. The average Bonchev–Trinajstić information content (AvgIpc) is 2.03. The summed E-state index contributed by atoms with van der Waals surface area (Å²) in [6.07, 6.45) is 0.846. The van der Waals surface area contributed by atoms with E-state index in [1.807, 2.05) is 26.0 Å². The summed E-state index contributed by atoms with van der Waals surface area (Å²) in [5.74, 6) is 0.310. The first-order valence-electron chi connectivity index (χ1n) is 4.20. The zero-order chi connectivity index (χ0) is 9.14. The number of aromatic hydroxyl groups is 1. The summed E-state index contributed by atoms with van der Waals surface area (Å²) in [4.78, 5) is 0. The van der Waals surface area contributed by atoms with Crippen LogP contribution >= 0.6 is 0 Å². The lowest BCUT2D eigenvalue weighted by atomic mass is 9.99. The third-order valence-electron chi connectivity index (χ3n) is 2.11. The first-order valence-corrected chi connectivity index (χ1v) is 4.20. The van der Waals surface area contributed by atoms with Crippen LogP contribution in [-0.2, 0) is 0 Å². The van der Waals surface area contributed by atoms with Gasteiger partial charge in [0.15, 0.2) is 0 Å². The van der Waals surface area contributed by atoms with Gasteiger partial charge in [0.25, 0.3) is 0 Å². The second kappa shape index (κ2) is 3.59. The fourth-order valence-corrected chi connectivity index (χ4v) is 1.35. The Bertz CT molecular complexity index is 250. The van der Waals surface area contributed by atoms with Gasteiger partial charge in [-0.2, -0.15) is 0 Å². The Morgan fingerprint density at radius 1 is 1.50 bits per heavy atom. The number of hydrogen-bond acceptors (Lipinski definition) is 2. The van der Waals surface area contributed by atoms with Crippen molar-refractivity contribution < 1.29 is 5.11 Å². The van der Waals surface area contributed by atoms with Gasteiger partial charge in [0.2, 0.25) is 0 Å². The zero-order valence-corrected chi connectivity index (χ0v) is 7.54. The minimum Gasteiger partial charge on any atom is -0.508 e. The minimum atomic E-state index is -0.0498. The van der Waals surface area contributed by atoms with Crippen molar-refractivity contribution in [1.82, 2.24) is 0 Å². The molecular weight excluding hydrogens is 150 g/mol. The molecule has 0 amide bonds. The summed E-state index contributed by atoms with van der Waals surface area (Å²) in [5.41, 5.74) is 7.77. The van der Waals surface area contributed by atoms with Gasteiger partial charge in [-0.3, -0.25) is 0 Å². The Balaban J connectivity index is 3.12. The predicted molar refractivity (Wildman–Crippen MR) is 50.1 cm³/mol. The first kappa shape index (κ1) is 9.07. The molecule has 0 fully saturated rings. The summed E-state index contributed by atoms with van der Waals surface area (Å²) < 4.78 is 0. The van der Waals surface area contributed by atoms with E-state index in [2.05, 4.69) is 0 Å². The van der Waals surface area contributed by atoms with E-state index in [9.17, 15) is 5.11 Å². The van der Waals surface area contributed by atoms with E-state index in [0.717, 1.165) is 17.5 Å². The maximum atomic E-state index is 9.51. The smallest absolute Gasteiger partial charge is 0.120 e. The topological polar surface area (TPSA) is 46.2 Å². The van der Waals surface area contributed by atoms with Crippen molar-refractivity contribution >= 4 is 0 Å². The predicted octanol–water partition coefficient (Wildman–Crippen LogP) is 2.11. The van der Waals surface area contributed by atoms with Gasteiger partial charge in [0.1, 0.15) is 5.75 Å². The molecule has 0 bridgehead atoms. The van der Waals surface area contributed by atoms with Crippen LogP contribution in [0.15, 0.2) is 18.2 Å². The van der Waals surface area contributed by atoms with E-state index in [1.54, 1.807) is 6.07 Å². The molecule has 0 saturated carbocycles. The molecule has 0 aliphatic carbocycles. The molecule has 0 heterocycles. The van der Waals surface area contributed by atoms with Gasteiger partial charge < -0.3 is 10.8 Å². The molecule has 2 nitrogen and oxygen atoms in total. The Hall–Kier alpha value is -1.02. The largest absolute Gasteiger partial charge is 0.508 e. The molecule has 12 heavy (non-hydrogen) atoms. The molecule has 1 aromatic carbocycles. The van der Waals surface area contributed by atoms with Crippen LogP contribution in [-0.4, -0.2) is 5.11 Å². The molecule has 0 aromatic heterocycles. The van der Waals surface area contributed by atoms with Crippen LogP contribution in [0.1, 0.15) is 30.5 Å². The molecule has 3 N–H and O–H groups in total. The Labute approximate surface area is 73.0 Å². The highest BCUT2D eigenvalue weighted by Gasteiger charge is 2.10. The van der Waals surface area contributed by atoms with Crippen LogP contribution < -0.4 is 5.73 Å². The SMILES string of the molecule is CCC(N)c1c(C)cccc1O. The maximum absolute atomic E-state index is 9.51. The number of nitrogens with two attached hydrogens (primary N) is 1. The van der Waals surface area contributed by atoms with Gasteiger partial charge in [-0.1, -0.05) is 19.1 Å². The Kier molecular flexibility index (Phi) is 2.71. The molecule has 0 aliphatic heterocycles. The van der Waals surface area contributed by atoms with Crippen molar-refractivity contribution in [3.05, 3.63) is 29.3 Å². The number of phenolic OH excluding ortho intramolecular Hbond substituents is 1. The van der Waals surface area contributed by atoms with Crippen molar-refractivity contribution in [1.29, 1.82) is 0 Å². The molecule has 1 atom stereocenters. The summed E-state index contributed by atoms with van der Waals surface area (Å²) in [5, 5.41) is 9.51. The van der Waals surface area contributed by atoms with Gasteiger partial charge in [-0.25, -0.2) is 0 Å². The van der Waals surface area contributed by atoms with E-state index < -0.39 is 0 Å². The molecule has 1 aromatic rings. The fraction of sp³-hybridized carbons (Fsp3) is 0.400. The van der Waals surface area contributed by atoms with Crippen LogP contribution in [0.5, 0.6) is 5.75 Å². The molecule has 2 heteroatoms. The highest BCUT2D eigenvalue weighted by atomic mass is 16.3. The summed E-state index contributed by atoms with van der Waals surface area (Å²) in [7, 11) is 0. The van der Waals surface area contributed by atoms with Crippen LogP contribution in [0.3, 0.4) is 0 Å². The van der Waals surface area contributed by atoms with Crippen molar-refractivity contribution in [3.8, 4) is 5.75 Å². The summed E-state index contributed by atoms with van der Waals surface area (Å²) in [6.45, 7) is 3.97. The summed E-state index contributed by atoms with van der Waals surface area (Å²) >= 11 is 0. The van der Waals surface area contributed by atoms with Crippen molar-refractivity contribution in [3.63, 3.8) is 0 Å². The van der Waals surface area contributed by atoms with Crippen molar-refractivity contribution in [2.75, 3.05) is 0 Å². The maximum Gasteiger partial charge on any atom is 0.120 e. The second-order valence-electron chi connectivity index (χ2n) is 3.02. The molecular formula is C10H15NO. The second-order valence-corrected chi connectivity index (χ2v) is 3.02. The zero-order valence-electron chi connectivity index (χ0n) is 7.54. The molecule has 1 unspecified atom stereocenters. The molecule has 1 rings (SSSR count). The van der Waals surface area contributed by atoms with E-state index >= 15 is 0 Å².